The largest absolute Gasteiger partial charge is 0.261 e. The molecule has 2 aromatic heterocycles. The van der Waals surface area contributed by atoms with Crippen LogP contribution in [0.2, 0.25) is 0 Å². The van der Waals surface area contributed by atoms with Gasteiger partial charge in [0.2, 0.25) is 5.69 Å². The van der Waals surface area contributed by atoms with Crippen LogP contribution in [0.25, 0.3) is 11.3 Å². The highest BCUT2D eigenvalue weighted by Crippen LogP contribution is 2.24. The van der Waals surface area contributed by atoms with Gasteiger partial charge in [0.1, 0.15) is 7.05 Å². The zero-order valence-corrected chi connectivity index (χ0v) is 12.3. The van der Waals surface area contributed by atoms with E-state index in [0.29, 0.717) is 0 Å². The van der Waals surface area contributed by atoms with Crippen LogP contribution in [0, 0.1) is 13.8 Å². The quantitative estimate of drug-likeness (QED) is 0.716. The third kappa shape index (κ3) is 2.83. The van der Waals surface area contributed by atoms with E-state index in [1.165, 1.54) is 5.56 Å². The third-order valence-electron chi connectivity index (χ3n) is 3.39. The Balaban J connectivity index is 2.49. The molecule has 0 saturated heterocycles. The average Bonchev–Trinajstić information content (AvgIpc) is 2.37. The smallest absolute Gasteiger partial charge is 0.214 e. The summed E-state index contributed by atoms with van der Waals surface area (Å²) < 4.78 is 24.4. The second kappa shape index (κ2) is 4.76. The maximum absolute atomic E-state index is 7.45. The van der Waals surface area contributed by atoms with Crippen LogP contribution in [-0.4, -0.2) is 4.98 Å². The van der Waals surface area contributed by atoms with Gasteiger partial charge in [-0.3, -0.25) is 4.98 Å². The zero-order chi connectivity index (χ0) is 16.7. The minimum Gasteiger partial charge on any atom is -0.261 e. The Morgan fingerprint density at radius 1 is 1.26 bits per heavy atom. The van der Waals surface area contributed by atoms with Crippen molar-refractivity contribution in [2.24, 2.45) is 7.05 Å². The Morgan fingerprint density at radius 3 is 2.53 bits per heavy atom. The van der Waals surface area contributed by atoms with Crippen LogP contribution in [-0.2, 0) is 12.5 Å². The Kier molecular flexibility index (Phi) is 2.54. The highest BCUT2D eigenvalue weighted by molar-refractivity contribution is 5.59. The molecule has 19 heavy (non-hydrogen) atoms. The van der Waals surface area contributed by atoms with Gasteiger partial charge in [-0.15, -0.1) is 0 Å². The number of nitrogens with zero attached hydrogens (tertiary/aromatic N) is 2. The van der Waals surface area contributed by atoms with E-state index in [0.717, 1.165) is 16.8 Å². The van der Waals surface area contributed by atoms with Crippen molar-refractivity contribution >= 4 is 0 Å². The zero-order valence-electron chi connectivity index (χ0n) is 15.3. The van der Waals surface area contributed by atoms with Gasteiger partial charge >= 0.3 is 0 Å². The van der Waals surface area contributed by atoms with Gasteiger partial charge in [-0.1, -0.05) is 20.8 Å². The molecule has 0 amide bonds. The van der Waals surface area contributed by atoms with Gasteiger partial charge in [-0.25, -0.2) is 4.57 Å². The number of hydrogen-bond acceptors (Lipinski definition) is 1. The summed E-state index contributed by atoms with van der Waals surface area (Å²) in [5.41, 5.74) is 4.38. The lowest BCUT2D eigenvalue weighted by Gasteiger charge is -2.17. The normalized spacial score (nSPS) is 14.7. The van der Waals surface area contributed by atoms with Crippen molar-refractivity contribution in [1.82, 2.24) is 4.98 Å². The molecule has 2 heterocycles. The molecule has 2 heteroatoms. The molecular formula is C17H23N2+. The molecule has 0 aliphatic carbocycles. The van der Waals surface area contributed by atoms with Gasteiger partial charge in [-0.2, -0.15) is 0 Å². The van der Waals surface area contributed by atoms with Crippen molar-refractivity contribution in [1.29, 1.82) is 0 Å². The predicted molar refractivity (Wildman–Crippen MR) is 79.0 cm³/mol. The lowest BCUT2D eigenvalue weighted by molar-refractivity contribution is -0.661. The van der Waals surface area contributed by atoms with Crippen molar-refractivity contribution in [3.8, 4) is 11.3 Å². The first kappa shape index (κ1) is 10.1. The molecule has 0 fully saturated rings. The average molecular weight is 258 g/mol. The standard InChI is InChI=1S/C17H23N2/c1-12-9-13(2)18-10-15(12)16-8-7-14(11-19(16)6)17(3,4)5/h7-11H,1-6H3/q+1/i2D3. The van der Waals surface area contributed by atoms with E-state index in [-0.39, 0.29) is 11.1 Å². The first-order valence-electron chi connectivity index (χ1n) is 7.98. The third-order valence-corrected chi connectivity index (χ3v) is 3.39. The van der Waals surface area contributed by atoms with Crippen LogP contribution in [0.5, 0.6) is 0 Å². The summed E-state index contributed by atoms with van der Waals surface area (Å²) in [5, 5.41) is 0. The molecule has 2 rings (SSSR count). The molecule has 0 aliphatic heterocycles. The SMILES string of the molecule is [2H]C([2H])([2H])c1cc(C)c(-c2ccc(C(C)(C)C)c[n+]2C)cn1. The highest BCUT2D eigenvalue weighted by atomic mass is 14.9. The molecule has 0 bridgehead atoms. The number of aryl methyl sites for hydroxylation is 3. The second-order valence-electron chi connectivity index (χ2n) is 6.05. The molecule has 0 aromatic carbocycles. The molecule has 2 aromatic rings. The fraction of sp³-hybridized carbons (Fsp3) is 0.412. The van der Waals surface area contributed by atoms with E-state index in [2.05, 4.69) is 48.7 Å². The molecule has 0 atom stereocenters. The number of hydrogen-bond donors (Lipinski definition) is 0. The summed E-state index contributed by atoms with van der Waals surface area (Å²) in [4.78, 5) is 4.12. The van der Waals surface area contributed by atoms with E-state index in [4.69, 9.17) is 4.11 Å². The molecule has 0 N–H and O–H groups in total. The second-order valence-corrected chi connectivity index (χ2v) is 6.05. The Labute approximate surface area is 120 Å². The van der Waals surface area contributed by atoms with Crippen LogP contribution >= 0.6 is 0 Å². The number of pyridine rings is 2. The summed E-state index contributed by atoms with van der Waals surface area (Å²) in [6.45, 7) is 6.30. The fourth-order valence-corrected chi connectivity index (χ4v) is 2.16. The van der Waals surface area contributed by atoms with E-state index < -0.39 is 6.85 Å². The lowest BCUT2D eigenvalue weighted by Crippen LogP contribution is -2.33. The number of rotatable bonds is 1. The van der Waals surface area contributed by atoms with Crippen molar-refractivity contribution in [2.45, 2.75) is 40.0 Å². The van der Waals surface area contributed by atoms with Crippen LogP contribution in [0.1, 0.15) is 41.7 Å². The minimum absolute atomic E-state index is 0.0920. The van der Waals surface area contributed by atoms with Crippen molar-refractivity contribution in [3.63, 3.8) is 0 Å². The van der Waals surface area contributed by atoms with Crippen LogP contribution < -0.4 is 4.57 Å². The van der Waals surface area contributed by atoms with Gasteiger partial charge in [0, 0.05) is 27.6 Å². The molecule has 0 aliphatic rings. The van der Waals surface area contributed by atoms with E-state index >= 15 is 0 Å². The maximum atomic E-state index is 7.45. The van der Waals surface area contributed by atoms with E-state index in [1.807, 2.05) is 14.0 Å². The predicted octanol–water partition coefficient (Wildman–Crippen LogP) is 3.49. The van der Waals surface area contributed by atoms with Crippen molar-refractivity contribution in [3.05, 3.63) is 47.4 Å². The maximum Gasteiger partial charge on any atom is 0.214 e. The summed E-state index contributed by atoms with van der Waals surface area (Å²) >= 11 is 0. The van der Waals surface area contributed by atoms with Crippen molar-refractivity contribution < 1.29 is 8.68 Å². The topological polar surface area (TPSA) is 16.8 Å². The first-order valence-corrected chi connectivity index (χ1v) is 6.48. The monoisotopic (exact) mass is 258 g/mol. The van der Waals surface area contributed by atoms with Gasteiger partial charge in [0.05, 0.1) is 5.56 Å². The Bertz CT molecular complexity index is 637. The summed E-state index contributed by atoms with van der Waals surface area (Å²) in [6, 6.07) is 5.84. The van der Waals surface area contributed by atoms with Crippen molar-refractivity contribution in [2.75, 3.05) is 0 Å². The van der Waals surface area contributed by atoms with Gasteiger partial charge in [0.15, 0.2) is 6.20 Å². The van der Waals surface area contributed by atoms with Gasteiger partial charge in [-0.05, 0) is 36.9 Å². The molecular weight excluding hydrogens is 232 g/mol. The highest BCUT2D eigenvalue weighted by Gasteiger charge is 2.20. The molecule has 100 valence electrons. The summed E-state index contributed by atoms with van der Waals surface area (Å²) in [5.74, 6) is 0. The van der Waals surface area contributed by atoms with Crippen LogP contribution in [0.3, 0.4) is 0 Å². The fourth-order valence-electron chi connectivity index (χ4n) is 2.16. The van der Waals surface area contributed by atoms with Crippen LogP contribution in [0.15, 0.2) is 30.6 Å². The molecule has 0 saturated carbocycles. The molecule has 2 nitrogen and oxygen atoms in total. The molecule has 0 radical (unpaired) electrons. The Morgan fingerprint density at radius 2 is 2.00 bits per heavy atom. The lowest BCUT2D eigenvalue weighted by atomic mass is 9.88. The summed E-state index contributed by atoms with van der Waals surface area (Å²) in [6.07, 6.45) is 3.77. The van der Waals surface area contributed by atoms with E-state index in [1.54, 1.807) is 12.3 Å². The van der Waals surface area contributed by atoms with E-state index in [9.17, 15) is 0 Å². The number of aromatic nitrogens is 2. The first-order chi connectivity index (χ1) is 10.00. The summed E-state index contributed by atoms with van der Waals surface area (Å²) in [7, 11) is 2.00. The van der Waals surface area contributed by atoms with Gasteiger partial charge < -0.3 is 0 Å². The molecule has 0 spiro atoms. The van der Waals surface area contributed by atoms with Crippen LogP contribution in [0.4, 0.5) is 0 Å². The minimum atomic E-state index is -2.17. The molecule has 0 unspecified atom stereocenters. The van der Waals surface area contributed by atoms with Gasteiger partial charge in [0.25, 0.3) is 0 Å². The Hall–Kier alpha value is -1.70.